The van der Waals surface area contributed by atoms with Crippen molar-refractivity contribution in [1.82, 2.24) is 5.32 Å². The monoisotopic (exact) mass is 213 g/mol. The average molecular weight is 213 g/mol. The second-order valence-electron chi connectivity index (χ2n) is 3.87. The SMILES string of the molecule is CC(C)N[C@@H](CCO)Cc1ccsc1. The molecule has 3 heteroatoms. The maximum atomic E-state index is 8.94. The van der Waals surface area contributed by atoms with Crippen molar-refractivity contribution in [3.63, 3.8) is 0 Å². The number of rotatable bonds is 6. The van der Waals surface area contributed by atoms with Gasteiger partial charge in [0.05, 0.1) is 0 Å². The lowest BCUT2D eigenvalue weighted by atomic mass is 10.1. The maximum absolute atomic E-state index is 8.94. The molecule has 0 amide bonds. The van der Waals surface area contributed by atoms with Crippen LogP contribution in [0.15, 0.2) is 16.8 Å². The number of aliphatic hydroxyl groups is 1. The quantitative estimate of drug-likeness (QED) is 0.758. The largest absolute Gasteiger partial charge is 0.396 e. The van der Waals surface area contributed by atoms with Gasteiger partial charge in [0.15, 0.2) is 0 Å². The van der Waals surface area contributed by atoms with Crippen LogP contribution in [-0.4, -0.2) is 23.8 Å². The summed E-state index contributed by atoms with van der Waals surface area (Å²) in [5, 5.41) is 16.7. The number of aliphatic hydroxyl groups excluding tert-OH is 1. The Morgan fingerprint density at radius 2 is 2.29 bits per heavy atom. The summed E-state index contributed by atoms with van der Waals surface area (Å²) in [7, 11) is 0. The van der Waals surface area contributed by atoms with Gasteiger partial charge < -0.3 is 10.4 Å². The zero-order chi connectivity index (χ0) is 10.4. The summed E-state index contributed by atoms with van der Waals surface area (Å²) in [6.07, 6.45) is 1.84. The van der Waals surface area contributed by atoms with Crippen molar-refractivity contribution in [2.75, 3.05) is 6.61 Å². The van der Waals surface area contributed by atoms with Crippen molar-refractivity contribution >= 4 is 11.3 Å². The molecule has 1 atom stereocenters. The van der Waals surface area contributed by atoms with Gasteiger partial charge in [-0.3, -0.25) is 0 Å². The molecule has 2 nitrogen and oxygen atoms in total. The van der Waals surface area contributed by atoms with Crippen molar-refractivity contribution in [3.05, 3.63) is 22.4 Å². The molecular formula is C11H19NOS. The van der Waals surface area contributed by atoms with E-state index in [1.807, 2.05) is 0 Å². The zero-order valence-electron chi connectivity index (χ0n) is 8.86. The Morgan fingerprint density at radius 1 is 1.50 bits per heavy atom. The smallest absolute Gasteiger partial charge is 0.0445 e. The molecule has 80 valence electrons. The first-order valence-corrected chi connectivity index (χ1v) is 6.04. The van der Waals surface area contributed by atoms with Gasteiger partial charge in [-0.05, 0) is 35.2 Å². The van der Waals surface area contributed by atoms with Crippen molar-refractivity contribution in [2.24, 2.45) is 0 Å². The molecule has 2 N–H and O–H groups in total. The van der Waals surface area contributed by atoms with Crippen LogP contribution in [0.1, 0.15) is 25.8 Å². The lowest BCUT2D eigenvalue weighted by Gasteiger charge is -2.19. The summed E-state index contributed by atoms with van der Waals surface area (Å²) in [4.78, 5) is 0. The molecule has 0 bridgehead atoms. The van der Waals surface area contributed by atoms with Crippen molar-refractivity contribution in [1.29, 1.82) is 0 Å². The van der Waals surface area contributed by atoms with Crippen molar-refractivity contribution in [2.45, 2.75) is 38.8 Å². The van der Waals surface area contributed by atoms with Gasteiger partial charge >= 0.3 is 0 Å². The van der Waals surface area contributed by atoms with Crippen LogP contribution in [0.5, 0.6) is 0 Å². The molecule has 14 heavy (non-hydrogen) atoms. The fourth-order valence-electron chi connectivity index (χ4n) is 1.56. The van der Waals surface area contributed by atoms with Crippen LogP contribution in [-0.2, 0) is 6.42 Å². The van der Waals surface area contributed by atoms with Crippen LogP contribution in [0.4, 0.5) is 0 Å². The Morgan fingerprint density at radius 3 is 2.79 bits per heavy atom. The minimum atomic E-state index is 0.258. The number of hydrogen-bond acceptors (Lipinski definition) is 3. The zero-order valence-corrected chi connectivity index (χ0v) is 9.68. The standard InChI is InChI=1S/C11H19NOS/c1-9(2)12-11(3-5-13)7-10-4-6-14-8-10/h4,6,8-9,11-13H,3,5,7H2,1-2H3/t11-/m0/s1. The summed E-state index contributed by atoms with van der Waals surface area (Å²) in [5.74, 6) is 0. The third-order valence-corrected chi connectivity index (χ3v) is 2.84. The third-order valence-electron chi connectivity index (χ3n) is 2.11. The lowest BCUT2D eigenvalue weighted by Crippen LogP contribution is -2.37. The summed E-state index contributed by atoms with van der Waals surface area (Å²) in [5.41, 5.74) is 1.36. The van der Waals surface area contributed by atoms with Crippen molar-refractivity contribution < 1.29 is 5.11 Å². The van der Waals surface area contributed by atoms with Gasteiger partial charge in [0.25, 0.3) is 0 Å². The van der Waals surface area contributed by atoms with E-state index in [4.69, 9.17) is 5.11 Å². The first-order valence-electron chi connectivity index (χ1n) is 5.10. The molecule has 1 rings (SSSR count). The van der Waals surface area contributed by atoms with E-state index in [-0.39, 0.29) is 6.61 Å². The molecule has 0 aromatic carbocycles. The first-order chi connectivity index (χ1) is 6.72. The highest BCUT2D eigenvalue weighted by molar-refractivity contribution is 7.07. The Labute approximate surface area is 90.0 Å². The molecule has 0 spiro atoms. The van der Waals surface area contributed by atoms with Gasteiger partial charge in [0, 0.05) is 18.7 Å². The highest BCUT2D eigenvalue weighted by Crippen LogP contribution is 2.10. The summed E-state index contributed by atoms with van der Waals surface area (Å²) in [6.45, 7) is 4.53. The Kier molecular flexibility index (Phi) is 5.15. The Bertz CT molecular complexity index is 233. The van der Waals surface area contributed by atoms with E-state index in [0.29, 0.717) is 12.1 Å². The Balaban J connectivity index is 2.42. The number of hydrogen-bond donors (Lipinski definition) is 2. The van der Waals surface area contributed by atoms with Gasteiger partial charge in [-0.2, -0.15) is 11.3 Å². The van der Waals surface area contributed by atoms with Gasteiger partial charge in [0.1, 0.15) is 0 Å². The van der Waals surface area contributed by atoms with Crippen LogP contribution >= 0.6 is 11.3 Å². The highest BCUT2D eigenvalue weighted by atomic mass is 32.1. The minimum Gasteiger partial charge on any atom is -0.396 e. The van der Waals surface area contributed by atoms with Gasteiger partial charge in [-0.15, -0.1) is 0 Å². The third kappa shape index (κ3) is 4.22. The number of thiophene rings is 1. The van der Waals surface area contributed by atoms with Crippen LogP contribution in [0, 0.1) is 0 Å². The molecule has 0 fully saturated rings. The topological polar surface area (TPSA) is 32.3 Å². The van der Waals surface area contributed by atoms with E-state index in [1.165, 1.54) is 5.56 Å². The molecule has 0 aliphatic carbocycles. The molecule has 1 aromatic rings. The first kappa shape index (κ1) is 11.7. The fraction of sp³-hybridized carbons (Fsp3) is 0.636. The van der Waals surface area contributed by atoms with E-state index in [0.717, 1.165) is 12.8 Å². The van der Waals surface area contributed by atoms with E-state index < -0.39 is 0 Å². The molecule has 1 heterocycles. The van der Waals surface area contributed by atoms with E-state index in [9.17, 15) is 0 Å². The van der Waals surface area contributed by atoms with E-state index in [2.05, 4.69) is 36.0 Å². The van der Waals surface area contributed by atoms with E-state index in [1.54, 1.807) is 11.3 Å². The maximum Gasteiger partial charge on any atom is 0.0445 e. The highest BCUT2D eigenvalue weighted by Gasteiger charge is 2.10. The Hall–Kier alpha value is -0.380. The lowest BCUT2D eigenvalue weighted by molar-refractivity contribution is 0.260. The molecule has 0 aliphatic rings. The van der Waals surface area contributed by atoms with E-state index >= 15 is 0 Å². The second kappa shape index (κ2) is 6.17. The number of nitrogens with one attached hydrogen (secondary N) is 1. The van der Waals surface area contributed by atoms with Gasteiger partial charge in [-0.25, -0.2) is 0 Å². The van der Waals surface area contributed by atoms with Crippen LogP contribution < -0.4 is 5.32 Å². The van der Waals surface area contributed by atoms with Gasteiger partial charge in [0.2, 0.25) is 0 Å². The minimum absolute atomic E-state index is 0.258. The van der Waals surface area contributed by atoms with Crippen LogP contribution in [0.25, 0.3) is 0 Å². The van der Waals surface area contributed by atoms with Crippen LogP contribution in [0.3, 0.4) is 0 Å². The molecule has 0 saturated heterocycles. The predicted molar refractivity (Wildman–Crippen MR) is 61.8 cm³/mol. The molecule has 0 aliphatic heterocycles. The molecule has 1 aromatic heterocycles. The summed E-state index contributed by atoms with van der Waals surface area (Å²) >= 11 is 1.73. The molecule has 0 radical (unpaired) electrons. The average Bonchev–Trinajstić information content (AvgIpc) is 2.56. The summed E-state index contributed by atoms with van der Waals surface area (Å²) in [6, 6.07) is 3.02. The second-order valence-corrected chi connectivity index (χ2v) is 4.65. The molecule has 0 unspecified atom stereocenters. The molecular weight excluding hydrogens is 194 g/mol. The predicted octanol–water partition coefficient (Wildman–Crippen LogP) is 2.04. The normalized spacial score (nSPS) is 13.4. The van der Waals surface area contributed by atoms with Crippen LogP contribution in [0.2, 0.25) is 0 Å². The fourth-order valence-corrected chi connectivity index (χ4v) is 2.25. The van der Waals surface area contributed by atoms with Crippen molar-refractivity contribution in [3.8, 4) is 0 Å². The molecule has 0 saturated carbocycles. The summed E-state index contributed by atoms with van der Waals surface area (Å²) < 4.78 is 0. The van der Waals surface area contributed by atoms with Gasteiger partial charge in [-0.1, -0.05) is 13.8 Å².